The highest BCUT2D eigenvalue weighted by Crippen LogP contribution is 2.47. The van der Waals surface area contributed by atoms with Crippen molar-refractivity contribution in [2.24, 2.45) is 0 Å². The Labute approximate surface area is 194 Å². The molecule has 0 N–H and O–H groups in total. The van der Waals surface area contributed by atoms with Crippen LogP contribution in [0.25, 0.3) is 4.13 Å². The zero-order valence-corrected chi connectivity index (χ0v) is 19.9. The van der Waals surface area contributed by atoms with Crippen LogP contribution in [0.4, 0.5) is 43.9 Å². The second kappa shape index (κ2) is 12.0. The monoisotopic (exact) mass is 580 g/mol. The number of carbonyl (C=O) groups is 1. The molecule has 0 aliphatic heterocycles. The maximum Gasteiger partial charge on any atom is 0.467 e. The molecule has 0 radical (unpaired) electrons. The second-order valence-corrected chi connectivity index (χ2v) is 10.3. The van der Waals surface area contributed by atoms with Gasteiger partial charge in [-0.05, 0) is 13.8 Å². The standard InChI is InChI=1S/C11H22NO2.C4F10NO4S2/c1-5-11(13)14-10-8-9-12(4,6-2)7-3;5-1(6,7)3(11,12)20(16,17)15-21(18,19)4(13,14)2(8,9)10/h5H,1,6-10H2,2-4H3;/q+1;-1. The molecule has 0 aromatic carbocycles. The van der Waals surface area contributed by atoms with Crippen molar-refractivity contribution in [1.82, 2.24) is 0 Å². The van der Waals surface area contributed by atoms with Gasteiger partial charge in [-0.15, -0.1) is 0 Å². The molecule has 0 aromatic heterocycles. The van der Waals surface area contributed by atoms with Gasteiger partial charge in [0.25, 0.3) is 0 Å². The van der Waals surface area contributed by atoms with E-state index in [1.165, 1.54) is 6.08 Å². The lowest BCUT2D eigenvalue weighted by Gasteiger charge is -2.31. The number of hydrogen-bond acceptors (Lipinski definition) is 6. The Kier molecular flexibility index (Phi) is 12.2. The number of nitrogens with zero attached hydrogens (tertiary/aromatic N) is 2. The molecule has 8 nitrogen and oxygen atoms in total. The van der Waals surface area contributed by atoms with E-state index in [1.54, 1.807) is 0 Å². The Hall–Kier alpha value is -1.67. The summed E-state index contributed by atoms with van der Waals surface area (Å²) in [5, 5.41) is -14.0. The van der Waals surface area contributed by atoms with Crippen molar-refractivity contribution in [2.75, 3.05) is 33.3 Å². The minimum absolute atomic E-state index is 0.327. The largest absolute Gasteiger partial charge is 0.467 e. The lowest BCUT2D eigenvalue weighted by atomic mass is 10.3. The average molecular weight is 580 g/mol. The van der Waals surface area contributed by atoms with Gasteiger partial charge in [0.1, 0.15) is 0 Å². The summed E-state index contributed by atoms with van der Waals surface area (Å²) < 4.78 is 167. The summed E-state index contributed by atoms with van der Waals surface area (Å²) in [5.74, 6) is -0.327. The Morgan fingerprint density at radius 2 is 1.20 bits per heavy atom. The molecular weight excluding hydrogens is 558 g/mol. The van der Waals surface area contributed by atoms with Gasteiger partial charge in [0, 0.05) is 12.5 Å². The molecule has 20 heteroatoms. The van der Waals surface area contributed by atoms with Crippen molar-refractivity contribution < 1.29 is 74.8 Å². The van der Waals surface area contributed by atoms with E-state index >= 15 is 0 Å². The Balaban J connectivity index is 0. The van der Waals surface area contributed by atoms with E-state index in [4.69, 9.17) is 4.74 Å². The number of carbonyl (C=O) groups excluding carboxylic acids is 1. The lowest BCUT2D eigenvalue weighted by Crippen LogP contribution is -2.48. The molecule has 0 atom stereocenters. The first-order chi connectivity index (χ1) is 15.3. The number of rotatable bonds is 11. The zero-order valence-electron chi connectivity index (χ0n) is 18.3. The van der Waals surface area contributed by atoms with E-state index in [-0.39, 0.29) is 5.97 Å². The van der Waals surface area contributed by atoms with Crippen LogP contribution in [0, 0.1) is 0 Å². The van der Waals surface area contributed by atoms with Gasteiger partial charge in [-0.3, -0.25) is 0 Å². The normalized spacial score (nSPS) is 14.1. The highest BCUT2D eigenvalue weighted by atomic mass is 32.3. The number of esters is 1. The molecule has 0 spiro atoms. The van der Waals surface area contributed by atoms with E-state index < -0.39 is 42.9 Å². The molecule has 0 rings (SSSR count). The van der Waals surface area contributed by atoms with Crippen molar-refractivity contribution >= 4 is 26.0 Å². The van der Waals surface area contributed by atoms with Gasteiger partial charge in [0.15, 0.2) is 20.0 Å². The quantitative estimate of drug-likeness (QED) is 0.121. The number of hydrogen-bond donors (Lipinski definition) is 0. The molecule has 0 saturated heterocycles. The van der Waals surface area contributed by atoms with Crippen LogP contribution in [0.1, 0.15) is 20.3 Å². The van der Waals surface area contributed by atoms with Crippen LogP contribution >= 0.6 is 0 Å². The summed E-state index contributed by atoms with van der Waals surface area (Å²) in [6.45, 7) is 11.5. The SMILES string of the molecule is C=CC(=O)OCCC[N+](C)(CC)CC.O=S(=O)([N-]S(=O)(=O)C(F)(F)C(F)(F)F)C(F)(F)C(F)(F)F. The molecule has 0 aromatic rings. The van der Waals surface area contributed by atoms with Crippen LogP contribution in [0.15, 0.2) is 12.7 Å². The highest BCUT2D eigenvalue weighted by Gasteiger charge is 2.68. The van der Waals surface area contributed by atoms with E-state index in [9.17, 15) is 65.5 Å². The number of halogens is 10. The Morgan fingerprint density at radius 3 is 1.46 bits per heavy atom. The third-order valence-corrected chi connectivity index (χ3v) is 7.61. The van der Waals surface area contributed by atoms with Crippen LogP contribution in [-0.4, -0.2) is 83.4 Å². The van der Waals surface area contributed by atoms with Gasteiger partial charge in [-0.2, -0.15) is 43.9 Å². The van der Waals surface area contributed by atoms with Gasteiger partial charge in [-0.1, -0.05) is 6.58 Å². The summed E-state index contributed by atoms with van der Waals surface area (Å²) in [4.78, 5) is 10.7. The Bertz CT molecular complexity index is 873. The third kappa shape index (κ3) is 9.37. The summed E-state index contributed by atoms with van der Waals surface area (Å²) in [6, 6.07) is 0. The molecule has 0 bridgehead atoms. The fourth-order valence-electron chi connectivity index (χ4n) is 1.73. The van der Waals surface area contributed by atoms with Gasteiger partial charge < -0.3 is 13.3 Å². The minimum atomic E-state index is -7.62. The minimum Gasteiger partial charge on any atom is -0.462 e. The molecule has 210 valence electrons. The number of quaternary nitrogens is 1. The summed E-state index contributed by atoms with van der Waals surface area (Å²) in [5.41, 5.74) is 0. The van der Waals surface area contributed by atoms with E-state index in [0.29, 0.717) is 10.7 Å². The van der Waals surface area contributed by atoms with Crippen LogP contribution in [0.3, 0.4) is 0 Å². The molecule has 0 heterocycles. The molecule has 0 fully saturated rings. The molecule has 35 heavy (non-hydrogen) atoms. The number of sulfonamides is 2. The summed E-state index contributed by atoms with van der Waals surface area (Å²) in [6.07, 6.45) is -11.9. The topological polar surface area (TPSA) is 109 Å². The molecule has 0 unspecified atom stereocenters. The zero-order chi connectivity index (χ0) is 28.7. The van der Waals surface area contributed by atoms with Crippen LogP contribution < -0.4 is 0 Å². The van der Waals surface area contributed by atoms with Crippen LogP contribution in [-0.2, 0) is 29.6 Å². The Morgan fingerprint density at radius 1 is 0.857 bits per heavy atom. The van der Waals surface area contributed by atoms with Gasteiger partial charge in [0.2, 0.25) is 0 Å². The molecule has 0 aliphatic carbocycles. The summed E-state index contributed by atoms with van der Waals surface area (Å²) in [7, 11) is -13.0. The van der Waals surface area contributed by atoms with Crippen molar-refractivity contribution in [3.63, 3.8) is 0 Å². The molecule has 0 aliphatic rings. The third-order valence-electron chi connectivity index (χ3n) is 4.28. The van der Waals surface area contributed by atoms with Crippen LogP contribution in [0.5, 0.6) is 0 Å². The van der Waals surface area contributed by atoms with Crippen molar-refractivity contribution in [3.8, 4) is 0 Å². The van der Waals surface area contributed by atoms with E-state index in [1.807, 2.05) is 0 Å². The van der Waals surface area contributed by atoms with E-state index in [2.05, 4.69) is 27.5 Å². The van der Waals surface area contributed by atoms with Crippen molar-refractivity contribution in [3.05, 3.63) is 16.8 Å². The lowest BCUT2D eigenvalue weighted by molar-refractivity contribution is -0.906. The van der Waals surface area contributed by atoms with Crippen molar-refractivity contribution in [1.29, 1.82) is 0 Å². The predicted octanol–water partition coefficient (Wildman–Crippen LogP) is 3.92. The first-order valence-corrected chi connectivity index (χ1v) is 11.9. The maximum absolute atomic E-state index is 12.3. The average Bonchev–Trinajstić information content (AvgIpc) is 2.68. The second-order valence-electron chi connectivity index (χ2n) is 6.75. The fraction of sp³-hybridized carbons (Fsp3) is 0.800. The van der Waals surface area contributed by atoms with E-state index in [0.717, 1.165) is 30.5 Å². The molecule has 0 amide bonds. The number of alkyl halides is 10. The first-order valence-electron chi connectivity index (χ1n) is 9.03. The van der Waals surface area contributed by atoms with Gasteiger partial charge in [0.05, 0.1) is 33.3 Å². The molecular formula is C15H22F10N2O6S2. The maximum atomic E-state index is 12.3. The first kappa shape index (κ1) is 35.5. The highest BCUT2D eigenvalue weighted by molar-refractivity contribution is 8.13. The van der Waals surface area contributed by atoms with Gasteiger partial charge in [-0.25, -0.2) is 21.6 Å². The smallest absolute Gasteiger partial charge is 0.462 e. The fourth-order valence-corrected chi connectivity index (χ4v) is 4.10. The summed E-state index contributed by atoms with van der Waals surface area (Å²) >= 11 is 0. The predicted molar refractivity (Wildman–Crippen MR) is 101 cm³/mol. The molecule has 0 saturated carbocycles. The van der Waals surface area contributed by atoms with Crippen LogP contribution in [0.2, 0.25) is 0 Å². The van der Waals surface area contributed by atoms with Crippen molar-refractivity contribution in [2.45, 2.75) is 43.1 Å². The number of ether oxygens (including phenoxy) is 1. The van der Waals surface area contributed by atoms with Gasteiger partial charge >= 0.3 is 28.8 Å².